The fourth-order valence-corrected chi connectivity index (χ4v) is 14.1. The average Bonchev–Trinajstić information content (AvgIpc) is 3.44. The minimum absolute atomic E-state index is 0.0534. The number of carboxylic acid groups (broad SMARTS) is 1. The lowest BCUT2D eigenvalue weighted by Crippen LogP contribution is -2.68. The van der Waals surface area contributed by atoms with Gasteiger partial charge in [0.2, 0.25) is 0 Å². The number of carbonyl (C=O) groups is 1. The highest BCUT2D eigenvalue weighted by atomic mass is 16.5. The molecule has 5 nitrogen and oxygen atoms in total. The van der Waals surface area contributed by atoms with Crippen LogP contribution in [0, 0.1) is 57.2 Å². The van der Waals surface area contributed by atoms with Gasteiger partial charge in [-0.2, -0.15) is 0 Å². The predicted octanol–water partition coefficient (Wildman–Crippen LogP) is 9.18. The zero-order valence-electron chi connectivity index (χ0n) is 31.4. The number of morpholine rings is 1. The van der Waals surface area contributed by atoms with Crippen LogP contribution < -0.4 is 5.32 Å². The zero-order chi connectivity index (χ0) is 34.1. The summed E-state index contributed by atoms with van der Waals surface area (Å²) in [6.07, 6.45) is 15.9. The highest BCUT2D eigenvalue weighted by molar-refractivity contribution is 5.88. The summed E-state index contributed by atoms with van der Waals surface area (Å²) >= 11 is 0. The first kappa shape index (κ1) is 34.7. The van der Waals surface area contributed by atoms with Crippen LogP contribution in [-0.4, -0.2) is 60.9 Å². The molecular formula is C43H66N2O3. The Labute approximate surface area is 292 Å². The number of nitrogens with one attached hydrogen (secondary N) is 1. The van der Waals surface area contributed by atoms with E-state index in [1.165, 1.54) is 75.5 Å². The second-order valence-electron chi connectivity index (χ2n) is 19.0. The van der Waals surface area contributed by atoms with Crippen molar-refractivity contribution in [1.29, 1.82) is 0 Å². The lowest BCUT2D eigenvalue weighted by Gasteiger charge is -2.72. The maximum atomic E-state index is 11.6. The van der Waals surface area contributed by atoms with Crippen molar-refractivity contribution in [3.63, 3.8) is 0 Å². The summed E-state index contributed by atoms with van der Waals surface area (Å²) in [5.41, 5.74) is 4.42. The number of allylic oxidation sites excluding steroid dienone is 2. The van der Waals surface area contributed by atoms with E-state index in [2.05, 4.69) is 76.9 Å². The summed E-state index contributed by atoms with van der Waals surface area (Å²) < 4.78 is 5.60. The number of rotatable bonds is 8. The molecule has 1 saturated heterocycles. The number of hydrogen-bond acceptors (Lipinski definition) is 4. The van der Waals surface area contributed by atoms with Crippen molar-refractivity contribution in [3.8, 4) is 0 Å². The molecule has 2 N–H and O–H groups in total. The van der Waals surface area contributed by atoms with Gasteiger partial charge in [0.05, 0.1) is 18.8 Å². The summed E-state index contributed by atoms with van der Waals surface area (Å²) in [5.74, 6) is 3.71. The number of fused-ring (bicyclic) bond motifs is 7. The maximum absolute atomic E-state index is 11.6. The Kier molecular flexibility index (Phi) is 9.06. The van der Waals surface area contributed by atoms with Crippen LogP contribution >= 0.6 is 0 Å². The molecule has 7 rings (SSSR count). The highest BCUT2D eigenvalue weighted by Gasteiger charge is 2.70. The van der Waals surface area contributed by atoms with Gasteiger partial charge in [-0.25, -0.2) is 4.79 Å². The highest BCUT2D eigenvalue weighted by Crippen LogP contribution is 2.76. The van der Waals surface area contributed by atoms with Gasteiger partial charge in [-0.3, -0.25) is 4.90 Å². The zero-order valence-corrected chi connectivity index (χ0v) is 31.4. The fourth-order valence-electron chi connectivity index (χ4n) is 14.1. The summed E-state index contributed by atoms with van der Waals surface area (Å²) in [4.78, 5) is 14.2. The van der Waals surface area contributed by atoms with E-state index in [0.29, 0.717) is 27.9 Å². The SMILES string of the molecule is CC(C)C1CCC2(NCCCN3CCOCC3)CCC3(C)C(CCC4C5(C)CC=C(c6ccc(C(=O)O)cc6)C(C)(C)C5CCC43C)C12. The van der Waals surface area contributed by atoms with Gasteiger partial charge in [0, 0.05) is 18.6 Å². The topological polar surface area (TPSA) is 61.8 Å². The van der Waals surface area contributed by atoms with Gasteiger partial charge in [0.15, 0.2) is 0 Å². The molecule has 5 aliphatic carbocycles. The molecule has 0 bridgehead atoms. The van der Waals surface area contributed by atoms with Crippen molar-refractivity contribution in [1.82, 2.24) is 10.2 Å². The predicted molar refractivity (Wildman–Crippen MR) is 196 cm³/mol. The molecule has 48 heavy (non-hydrogen) atoms. The van der Waals surface area contributed by atoms with Crippen LogP contribution in [0.5, 0.6) is 0 Å². The molecule has 5 fully saturated rings. The molecule has 266 valence electrons. The van der Waals surface area contributed by atoms with Gasteiger partial charge in [-0.1, -0.05) is 66.7 Å². The summed E-state index contributed by atoms with van der Waals surface area (Å²) in [6.45, 7) is 24.6. The minimum atomic E-state index is -0.849. The minimum Gasteiger partial charge on any atom is -0.478 e. The number of nitrogens with zero attached hydrogens (tertiary/aromatic N) is 1. The third-order valence-corrected chi connectivity index (χ3v) is 16.6. The van der Waals surface area contributed by atoms with Crippen LogP contribution in [0.4, 0.5) is 0 Å². The second kappa shape index (κ2) is 12.5. The number of carboxylic acids is 1. The van der Waals surface area contributed by atoms with Crippen molar-refractivity contribution in [3.05, 3.63) is 41.5 Å². The van der Waals surface area contributed by atoms with Crippen LogP contribution in [-0.2, 0) is 4.74 Å². The molecule has 9 atom stereocenters. The Morgan fingerprint density at radius 2 is 1.65 bits per heavy atom. The molecule has 0 radical (unpaired) electrons. The molecule has 0 aromatic heterocycles. The van der Waals surface area contributed by atoms with Crippen molar-refractivity contribution in [2.45, 2.75) is 118 Å². The van der Waals surface area contributed by atoms with Crippen molar-refractivity contribution >= 4 is 11.5 Å². The van der Waals surface area contributed by atoms with Gasteiger partial charge in [0.1, 0.15) is 0 Å². The smallest absolute Gasteiger partial charge is 0.335 e. The number of aromatic carboxylic acids is 1. The molecule has 9 unspecified atom stereocenters. The van der Waals surface area contributed by atoms with E-state index in [4.69, 9.17) is 4.74 Å². The lowest BCUT2D eigenvalue weighted by atomic mass is 9.33. The van der Waals surface area contributed by atoms with E-state index in [9.17, 15) is 9.90 Å². The Morgan fingerprint density at radius 1 is 0.917 bits per heavy atom. The van der Waals surface area contributed by atoms with Crippen LogP contribution in [0.2, 0.25) is 0 Å². The molecule has 0 spiro atoms. The third-order valence-electron chi connectivity index (χ3n) is 16.6. The van der Waals surface area contributed by atoms with Gasteiger partial charge in [-0.15, -0.1) is 0 Å². The first-order valence-electron chi connectivity index (χ1n) is 19.9. The van der Waals surface area contributed by atoms with Crippen LogP contribution in [0.25, 0.3) is 5.57 Å². The molecule has 1 heterocycles. The maximum Gasteiger partial charge on any atom is 0.335 e. The lowest BCUT2D eigenvalue weighted by molar-refractivity contribution is -0.221. The quantitative estimate of drug-likeness (QED) is 0.273. The van der Waals surface area contributed by atoms with Crippen molar-refractivity contribution in [2.75, 3.05) is 39.4 Å². The molecular weight excluding hydrogens is 592 g/mol. The molecule has 0 amide bonds. The van der Waals surface area contributed by atoms with E-state index in [1.807, 2.05) is 0 Å². The summed E-state index contributed by atoms with van der Waals surface area (Å²) in [6, 6.07) is 7.68. The van der Waals surface area contributed by atoms with Crippen molar-refractivity contribution < 1.29 is 14.6 Å². The Morgan fingerprint density at radius 3 is 2.33 bits per heavy atom. The summed E-state index contributed by atoms with van der Waals surface area (Å²) in [5, 5.41) is 13.8. The monoisotopic (exact) mass is 659 g/mol. The second-order valence-corrected chi connectivity index (χ2v) is 19.0. The largest absolute Gasteiger partial charge is 0.478 e. The van der Waals surface area contributed by atoms with Crippen LogP contribution in [0.1, 0.15) is 129 Å². The van der Waals surface area contributed by atoms with E-state index in [-0.39, 0.29) is 10.8 Å². The Bertz CT molecular complexity index is 1380. The van der Waals surface area contributed by atoms with Gasteiger partial charge in [0.25, 0.3) is 0 Å². The first-order valence-corrected chi connectivity index (χ1v) is 19.9. The molecule has 6 aliphatic rings. The van der Waals surface area contributed by atoms with E-state index in [1.54, 1.807) is 12.1 Å². The normalized spacial score (nSPS) is 42.3. The number of ether oxygens (including phenoxy) is 1. The van der Waals surface area contributed by atoms with E-state index < -0.39 is 5.97 Å². The fraction of sp³-hybridized carbons (Fsp3) is 0.791. The van der Waals surface area contributed by atoms with Gasteiger partial charge in [-0.05, 0) is 158 Å². The number of hydrogen-bond donors (Lipinski definition) is 2. The van der Waals surface area contributed by atoms with Crippen LogP contribution in [0.15, 0.2) is 30.3 Å². The molecule has 1 aromatic rings. The number of benzene rings is 1. The standard InChI is InChI=1S/C43H66N2O3/c1-29(2)32-15-20-43(44-23-8-24-45-25-27-48-28-26-45)22-21-41(6)34(37(32)43)13-14-36-40(5)18-16-33(30-9-11-31(12-10-30)38(46)47)39(3,4)35(40)17-19-42(36,41)7/h9-12,16,29,32,34-37,44H,8,13-15,17-28H2,1-7H3,(H,46,47). The first-order chi connectivity index (χ1) is 22.8. The average molecular weight is 659 g/mol. The molecule has 1 aliphatic heterocycles. The van der Waals surface area contributed by atoms with Crippen LogP contribution in [0.3, 0.4) is 0 Å². The molecule has 4 saturated carbocycles. The Balaban J connectivity index is 1.14. The van der Waals surface area contributed by atoms with Gasteiger partial charge >= 0.3 is 5.97 Å². The van der Waals surface area contributed by atoms with Crippen molar-refractivity contribution in [2.24, 2.45) is 57.2 Å². The molecule has 5 heteroatoms. The van der Waals surface area contributed by atoms with E-state index in [0.717, 1.165) is 68.9 Å². The third kappa shape index (κ3) is 5.29. The summed E-state index contributed by atoms with van der Waals surface area (Å²) in [7, 11) is 0. The Hall–Kier alpha value is -1.69. The van der Waals surface area contributed by atoms with Gasteiger partial charge < -0.3 is 15.2 Å². The molecule has 1 aromatic carbocycles. The van der Waals surface area contributed by atoms with E-state index >= 15 is 0 Å².